The van der Waals surface area contributed by atoms with E-state index in [1.807, 2.05) is 48.5 Å². The average Bonchev–Trinajstić information content (AvgIpc) is 1.59. The van der Waals surface area contributed by atoms with Crippen molar-refractivity contribution in [3.63, 3.8) is 0 Å². The summed E-state index contributed by atoms with van der Waals surface area (Å²) in [5.74, 6) is -8.47. The molecule has 0 saturated carbocycles. The monoisotopic (exact) mass is 1810 g/mol. The number of nitrogens with one attached hydrogen (secondary N) is 4. The third kappa shape index (κ3) is 30.7. The van der Waals surface area contributed by atoms with Gasteiger partial charge in [-0.25, -0.2) is 9.59 Å². The van der Waals surface area contributed by atoms with Gasteiger partial charge in [0.05, 0.1) is 63.9 Å². The van der Waals surface area contributed by atoms with E-state index in [1.54, 1.807) is 6.08 Å². The number of amides is 4. The molecular weight excluding hydrogens is 1660 g/mol. The number of allylic oxidation sites excluding steroid dienone is 1. The molecule has 0 spiro atoms. The predicted octanol–water partition coefficient (Wildman–Crippen LogP) is 2.25. The fourth-order valence-corrected chi connectivity index (χ4v) is 17.6. The number of carboxylic acid groups (broad SMARTS) is 1. The molecule has 5 saturated heterocycles. The highest BCUT2D eigenvalue weighted by Crippen LogP contribution is 2.46. The second kappa shape index (κ2) is 55.1. The number of carboxylic acids is 1. The van der Waals surface area contributed by atoms with Crippen LogP contribution < -0.4 is 21.3 Å². The molecule has 0 radical (unpaired) electrons. The molecule has 4 amide bonds. The molecule has 2 aromatic rings. The lowest BCUT2D eigenvalue weighted by Gasteiger charge is -2.52. The molecule has 5 aliphatic heterocycles. The summed E-state index contributed by atoms with van der Waals surface area (Å²) in [7, 11) is 0. The largest absolute Gasteiger partial charge is 0.477 e. The van der Waals surface area contributed by atoms with Crippen molar-refractivity contribution in [1.29, 1.82) is 0 Å². The Morgan fingerprint density at radius 3 is 1.48 bits per heavy atom. The molecule has 1 unspecified atom stereocenters. The first kappa shape index (κ1) is 107. The van der Waals surface area contributed by atoms with Crippen molar-refractivity contribution in [2.75, 3.05) is 46.2 Å². The molecule has 5 fully saturated rings. The van der Waals surface area contributed by atoms with Crippen molar-refractivity contribution in [2.45, 2.75) is 403 Å². The second-order valence-electron chi connectivity index (χ2n) is 34.6. The van der Waals surface area contributed by atoms with E-state index in [2.05, 4.69) is 35.1 Å². The lowest BCUT2D eigenvalue weighted by Crippen LogP contribution is -2.72. The van der Waals surface area contributed by atoms with Gasteiger partial charge in [-0.15, -0.1) is 0 Å². The zero-order valence-electron chi connectivity index (χ0n) is 73.8. The van der Waals surface area contributed by atoms with Gasteiger partial charge in [-0.1, -0.05) is 241 Å². The summed E-state index contributed by atoms with van der Waals surface area (Å²) in [6.07, 6.45) is -19.0. The first-order chi connectivity index (χ1) is 61.1. The standard InChI is InChI=1S/C90H146N4O33/c1-5-7-9-11-13-15-17-19-21-23-25-27-29-31-33-43-61(102)60(93-83(113)59(42-32-30-28-26-24-22-20-18-16-14-12-10-8-6-2)94-89(116)118-50-58-56-40-36-34-38-54(56)55-39-35-37-41-57(55)58)51-117-85-76(111)74(109)78(66(48-98)121-85)123-87-77(112)82(127-90(88(114)115)44-62(103)68(91-52(3)100)81(126-90)70(105)63(104)45-95)79(67(49-99)122-87)124-84-69(92-53(4)101)80(72(107)65(47-97)119-84)125-86-75(110)73(108)71(106)64(46-96)120-86/h33-41,43,58-82,84-87,95-99,102-112H,5-32,42,44-51H2,1-4H3,(H,91,100)(H,92,101)(H,93,113)(H,94,116)(H,114,115)/b43-33+/t59?,60-,61+,62-,63+,64+,65+,66+,67+,68+,69+,70+,71-,72-,73-,74+,75+,76+,77+,78+,79-,80+,81+,82+,84-,85+,86-,87-,90-/m0/s1. The number of hydrogen-bond donors (Lipinski definition) is 21. The van der Waals surface area contributed by atoms with Crippen molar-refractivity contribution < 1.29 is 163 Å². The number of hydrogen-bond acceptors (Lipinski definition) is 32. The van der Waals surface area contributed by atoms with Crippen LogP contribution in [0.25, 0.3) is 11.1 Å². The summed E-state index contributed by atoms with van der Waals surface area (Å²) >= 11 is 0. The van der Waals surface area contributed by atoms with E-state index in [0.29, 0.717) is 12.8 Å². The smallest absolute Gasteiger partial charge is 0.407 e. The van der Waals surface area contributed by atoms with Crippen LogP contribution in [0.15, 0.2) is 60.7 Å². The Kier molecular flexibility index (Phi) is 46.2. The minimum atomic E-state index is -3.42. The minimum absolute atomic E-state index is 0.0610. The zero-order valence-corrected chi connectivity index (χ0v) is 73.8. The SMILES string of the molecule is CCCCCCCCCCCCCCC/C=C/[C@@H](O)[C@H](CO[C@@H]1O[C@H](CO)[C@@H](O[C@@H]2O[C@H](CO)[C@H](O[C@@H]3O[C@H](CO)[C@H](O)[C@H](O[C@@H]4O[C@H](CO)[C@H](O)[C@H](O)[C@H]4O)[C@H]3NC(C)=O)[C@H](O[C@]3(C(=O)O)C[C@H](O)[C@@H](NC(C)=O)[C@H]([C@H](O)[C@H](O)CO)O3)[C@H]2O)[C@H](O)[C@H]1O)NC(=O)C(CCCCCCCCCCCCCCCC)NC(=O)OCC1c2ccccc2-c2ccccc21. The molecule has 0 aromatic heterocycles. The molecule has 37 heteroatoms. The molecule has 127 heavy (non-hydrogen) atoms. The van der Waals surface area contributed by atoms with Crippen LogP contribution in [0.5, 0.6) is 0 Å². The highest BCUT2D eigenvalue weighted by atomic mass is 16.8. The maximum absolute atomic E-state index is 15.0. The number of fused-ring (bicyclic) bond motifs is 3. The summed E-state index contributed by atoms with van der Waals surface area (Å²) in [6.45, 7) is -0.0867. The lowest BCUT2D eigenvalue weighted by molar-refractivity contribution is -0.403. The quantitative estimate of drug-likeness (QED) is 0.0333. The van der Waals surface area contributed by atoms with Crippen molar-refractivity contribution >= 4 is 29.8 Å². The number of carbonyl (C=O) groups is 5. The summed E-state index contributed by atoms with van der Waals surface area (Å²) in [5.41, 5.74) is 3.95. The predicted molar refractivity (Wildman–Crippen MR) is 455 cm³/mol. The van der Waals surface area contributed by atoms with Crippen LogP contribution in [0.2, 0.25) is 0 Å². The maximum Gasteiger partial charge on any atom is 0.407 e. The number of unbranched alkanes of at least 4 members (excludes halogenated alkanes) is 26. The van der Waals surface area contributed by atoms with E-state index >= 15 is 4.79 Å². The van der Waals surface area contributed by atoms with Gasteiger partial charge in [0.15, 0.2) is 25.2 Å². The van der Waals surface area contributed by atoms with Crippen LogP contribution in [0.3, 0.4) is 0 Å². The normalized spacial score (nSPS) is 31.5. The van der Waals surface area contributed by atoms with Crippen molar-refractivity contribution in [3.8, 4) is 11.1 Å². The number of rotatable bonds is 57. The summed E-state index contributed by atoms with van der Waals surface area (Å²) in [5, 5.41) is 202. The fraction of sp³-hybridized carbons (Fsp3) is 0.789. The maximum atomic E-state index is 15.0. The molecule has 0 bridgehead atoms. The Hall–Kier alpha value is -5.71. The Morgan fingerprint density at radius 1 is 0.496 bits per heavy atom. The molecule has 724 valence electrons. The Morgan fingerprint density at radius 2 is 0.953 bits per heavy atom. The summed E-state index contributed by atoms with van der Waals surface area (Å²) in [4.78, 5) is 69.0. The van der Waals surface area contributed by atoms with Crippen LogP contribution in [0.4, 0.5) is 4.79 Å². The number of benzene rings is 2. The average molecular weight is 1810 g/mol. The van der Waals surface area contributed by atoms with E-state index in [1.165, 1.54) is 102 Å². The first-order valence-electron chi connectivity index (χ1n) is 46.1. The van der Waals surface area contributed by atoms with Crippen LogP contribution in [0, 0.1) is 0 Å². The van der Waals surface area contributed by atoms with Gasteiger partial charge in [-0.2, -0.15) is 0 Å². The Labute approximate surface area is 743 Å². The van der Waals surface area contributed by atoms with Crippen molar-refractivity contribution in [1.82, 2.24) is 21.3 Å². The van der Waals surface area contributed by atoms with Gasteiger partial charge in [0.25, 0.3) is 5.79 Å². The number of ether oxygens (including phenoxy) is 11. The van der Waals surface area contributed by atoms with Gasteiger partial charge in [-0.3, -0.25) is 14.4 Å². The fourth-order valence-electron chi connectivity index (χ4n) is 17.6. The van der Waals surface area contributed by atoms with E-state index in [-0.39, 0.29) is 18.9 Å². The number of aliphatic hydroxyl groups excluding tert-OH is 16. The number of aliphatic hydroxyl groups is 16. The van der Waals surface area contributed by atoms with Crippen molar-refractivity contribution in [3.05, 3.63) is 71.8 Å². The van der Waals surface area contributed by atoms with Crippen LogP contribution in [-0.4, -0.2) is 340 Å². The van der Waals surface area contributed by atoms with Gasteiger partial charge in [0, 0.05) is 26.2 Å². The van der Waals surface area contributed by atoms with E-state index in [9.17, 15) is 106 Å². The number of carbonyl (C=O) groups excluding carboxylic acids is 4. The van der Waals surface area contributed by atoms with Crippen LogP contribution >= 0.6 is 0 Å². The highest BCUT2D eigenvalue weighted by Gasteiger charge is 2.62. The first-order valence-corrected chi connectivity index (χ1v) is 46.1. The van der Waals surface area contributed by atoms with Gasteiger partial charge in [0.1, 0.15) is 129 Å². The lowest BCUT2D eigenvalue weighted by atomic mass is 9.88. The van der Waals surface area contributed by atoms with E-state index in [0.717, 1.165) is 107 Å². The van der Waals surface area contributed by atoms with Gasteiger partial charge < -0.3 is 160 Å². The topological polar surface area (TPSA) is 579 Å². The Balaban J connectivity index is 1.05. The highest BCUT2D eigenvalue weighted by molar-refractivity contribution is 5.86. The molecule has 29 atom stereocenters. The van der Waals surface area contributed by atoms with Gasteiger partial charge >= 0.3 is 12.1 Å². The van der Waals surface area contributed by atoms with Crippen molar-refractivity contribution in [2.24, 2.45) is 0 Å². The molecule has 2 aromatic carbocycles. The molecule has 21 N–H and O–H groups in total. The number of aliphatic carboxylic acids is 1. The summed E-state index contributed by atoms with van der Waals surface area (Å²) in [6, 6.07) is 9.31. The third-order valence-electron chi connectivity index (χ3n) is 24.9. The molecule has 6 aliphatic rings. The van der Waals surface area contributed by atoms with Crippen LogP contribution in [-0.2, 0) is 71.3 Å². The van der Waals surface area contributed by atoms with E-state index < -0.39 is 253 Å². The van der Waals surface area contributed by atoms with Gasteiger partial charge in [-0.05, 0) is 41.5 Å². The van der Waals surface area contributed by atoms with E-state index in [4.69, 9.17) is 52.1 Å². The molecule has 37 nitrogen and oxygen atoms in total. The van der Waals surface area contributed by atoms with Crippen LogP contribution in [0.1, 0.15) is 237 Å². The molecular formula is C90H146N4O33. The minimum Gasteiger partial charge on any atom is -0.477 e. The summed E-state index contributed by atoms with van der Waals surface area (Å²) < 4.78 is 66.7. The second-order valence-corrected chi connectivity index (χ2v) is 34.6. The zero-order chi connectivity index (χ0) is 92.3. The third-order valence-corrected chi connectivity index (χ3v) is 24.9. The van der Waals surface area contributed by atoms with Gasteiger partial charge in [0.2, 0.25) is 17.7 Å². The Bertz CT molecular complexity index is 3510. The molecule has 5 heterocycles. The number of alkyl carbamates (subject to hydrolysis) is 1. The molecule has 8 rings (SSSR count). The molecule has 1 aliphatic carbocycles.